The number of carbonyl (C=O) groups is 3. The highest BCUT2D eigenvalue weighted by Gasteiger charge is 2.67. The molecular formula is C32H29F3N8O6. The van der Waals surface area contributed by atoms with Gasteiger partial charge in [-0.1, -0.05) is 11.2 Å². The van der Waals surface area contributed by atoms with Crippen LogP contribution in [0.5, 0.6) is 0 Å². The lowest BCUT2D eigenvalue weighted by atomic mass is 9.98. The van der Waals surface area contributed by atoms with Crippen molar-refractivity contribution < 1.29 is 41.9 Å². The number of halogens is 3. The van der Waals surface area contributed by atoms with Crippen molar-refractivity contribution in [1.29, 1.82) is 0 Å². The van der Waals surface area contributed by atoms with Crippen LogP contribution in [-0.2, 0) is 10.2 Å². The third kappa shape index (κ3) is 5.74. The Hall–Kier alpha value is -5.74. The van der Waals surface area contributed by atoms with Crippen molar-refractivity contribution in [3.63, 3.8) is 0 Å². The van der Waals surface area contributed by atoms with Crippen molar-refractivity contribution in [3.8, 4) is 11.1 Å². The maximum Gasteiger partial charge on any atom is 0.425 e. The molecule has 7 rings (SSSR count). The van der Waals surface area contributed by atoms with Crippen LogP contribution in [0.1, 0.15) is 58.3 Å². The minimum Gasteiger partial charge on any atom is -0.464 e. The summed E-state index contributed by atoms with van der Waals surface area (Å²) in [4.78, 5) is 52.0. The van der Waals surface area contributed by atoms with Gasteiger partial charge in [0.2, 0.25) is 0 Å². The average Bonchev–Trinajstić information content (AvgIpc) is 3.95. The van der Waals surface area contributed by atoms with E-state index in [-0.39, 0.29) is 36.3 Å². The molecule has 0 unspecified atom stereocenters. The van der Waals surface area contributed by atoms with E-state index in [1.165, 1.54) is 12.5 Å². The van der Waals surface area contributed by atoms with Crippen LogP contribution in [-0.4, -0.2) is 59.8 Å². The molecule has 2 aliphatic carbocycles. The number of aromatic nitrogens is 5. The fraction of sp³-hybridized carbons (Fsp3) is 0.344. The number of nitrogens with zero attached hydrogens (tertiary/aromatic N) is 6. The number of alkyl halides is 3. The highest BCUT2D eigenvalue weighted by Crippen LogP contribution is 2.59. The predicted molar refractivity (Wildman–Crippen MR) is 169 cm³/mol. The minimum absolute atomic E-state index is 0.111. The molecule has 0 spiro atoms. The van der Waals surface area contributed by atoms with Crippen LogP contribution in [0.3, 0.4) is 0 Å². The van der Waals surface area contributed by atoms with Gasteiger partial charge in [-0.25, -0.2) is 24.4 Å². The van der Waals surface area contributed by atoms with E-state index in [1.54, 1.807) is 45.2 Å². The summed E-state index contributed by atoms with van der Waals surface area (Å²) in [6.07, 6.45) is 0.384. The van der Waals surface area contributed by atoms with Crippen LogP contribution in [0.25, 0.3) is 32.9 Å². The zero-order valence-electron chi connectivity index (χ0n) is 26.3. The number of hydrogen-bond acceptors (Lipinski definition) is 9. The second-order valence-electron chi connectivity index (χ2n) is 13.0. The summed E-state index contributed by atoms with van der Waals surface area (Å²) in [6, 6.07) is 5.40. The lowest BCUT2D eigenvalue weighted by Gasteiger charge is -2.24. The van der Waals surface area contributed by atoms with Gasteiger partial charge in [-0.15, -0.1) is 0 Å². The molecule has 14 nitrogen and oxygen atoms in total. The maximum atomic E-state index is 13.5. The average molecular weight is 679 g/mol. The summed E-state index contributed by atoms with van der Waals surface area (Å²) in [6.45, 7) is 4.85. The van der Waals surface area contributed by atoms with Crippen LogP contribution in [0.4, 0.5) is 44.9 Å². The number of hydrogen-bond donors (Lipinski definition) is 3. The van der Waals surface area contributed by atoms with Gasteiger partial charge in [-0.05, 0) is 69.5 Å². The van der Waals surface area contributed by atoms with Crippen LogP contribution in [0.2, 0.25) is 0 Å². The van der Waals surface area contributed by atoms with E-state index in [4.69, 9.17) is 9.26 Å². The Morgan fingerprint density at radius 2 is 1.82 bits per heavy atom. The Labute approximate surface area is 275 Å². The monoisotopic (exact) mass is 678 g/mol. The van der Waals surface area contributed by atoms with Gasteiger partial charge in [-0.3, -0.25) is 10.3 Å². The molecule has 1 aromatic carbocycles. The number of pyridine rings is 1. The summed E-state index contributed by atoms with van der Waals surface area (Å²) in [7, 11) is 0. The van der Waals surface area contributed by atoms with Crippen LogP contribution in [0, 0.1) is 0 Å². The van der Waals surface area contributed by atoms with Gasteiger partial charge in [0.25, 0.3) is 0 Å². The molecule has 3 N–H and O–H groups in total. The van der Waals surface area contributed by atoms with E-state index in [0.717, 1.165) is 18.9 Å². The van der Waals surface area contributed by atoms with Gasteiger partial charge in [0, 0.05) is 41.6 Å². The van der Waals surface area contributed by atoms with Gasteiger partial charge < -0.3 is 24.3 Å². The van der Waals surface area contributed by atoms with E-state index in [0.29, 0.717) is 43.5 Å². The molecule has 17 heteroatoms. The number of amides is 4. The van der Waals surface area contributed by atoms with Crippen molar-refractivity contribution in [2.45, 2.75) is 69.7 Å². The standard InChI is InChI=1S/C32H29F3N8O6/c1-30(2,3)48-29(47)43(28(45)46)26-24-20(14-42(16-4-5-16)25(24)37-15-38-26)17-6-7-21(19-13-36-11-8-18(17)19)39-27(44)40-23-12-22(49-41-23)31(9-10-31)32(33,34)35/h6-8,11-16H,4-5,9-10H2,1-3H3,(H,45,46)(H2,39,40,41,44). The van der Waals surface area contributed by atoms with E-state index in [2.05, 4.69) is 30.7 Å². The summed E-state index contributed by atoms with van der Waals surface area (Å²) < 4.78 is 52.8. The molecule has 2 aliphatic rings. The lowest BCUT2D eigenvalue weighted by Crippen LogP contribution is -2.40. The van der Waals surface area contributed by atoms with Crippen molar-refractivity contribution >= 4 is 57.3 Å². The molecule has 4 amide bonds. The highest BCUT2D eigenvalue weighted by atomic mass is 19.4. The SMILES string of the molecule is CC(C)(C)OC(=O)N(C(=O)O)c1ncnc2c1c(-c1ccc(NC(=O)Nc3cc(C4(C(F)(F)F)CC4)on3)c3cnccc13)cn2C1CC1. The quantitative estimate of drug-likeness (QED) is 0.162. The lowest BCUT2D eigenvalue weighted by molar-refractivity contribution is -0.165. The third-order valence-electron chi connectivity index (χ3n) is 8.38. The first-order valence-electron chi connectivity index (χ1n) is 15.3. The number of rotatable bonds is 6. The molecule has 0 bridgehead atoms. The molecule has 2 fully saturated rings. The summed E-state index contributed by atoms with van der Waals surface area (Å²) in [5.41, 5.74) is -1.22. The van der Waals surface area contributed by atoms with E-state index >= 15 is 0 Å². The second-order valence-corrected chi connectivity index (χ2v) is 13.0. The second kappa shape index (κ2) is 11.2. The molecule has 0 atom stereocenters. The normalized spacial score (nSPS) is 15.6. The van der Waals surface area contributed by atoms with Gasteiger partial charge >= 0.3 is 24.4 Å². The van der Waals surface area contributed by atoms with Crippen molar-refractivity contribution in [3.05, 3.63) is 54.9 Å². The van der Waals surface area contributed by atoms with Crippen LogP contribution in [0.15, 0.2) is 53.7 Å². The summed E-state index contributed by atoms with van der Waals surface area (Å²) in [5.74, 6) is -0.734. The zero-order valence-corrected chi connectivity index (χ0v) is 26.3. The van der Waals surface area contributed by atoms with Crippen molar-refractivity contribution in [1.82, 2.24) is 24.7 Å². The number of fused-ring (bicyclic) bond motifs is 2. The molecule has 2 saturated carbocycles. The molecule has 0 radical (unpaired) electrons. The fourth-order valence-electron chi connectivity index (χ4n) is 5.79. The molecule has 4 aromatic heterocycles. The minimum atomic E-state index is -4.50. The first kappa shape index (κ1) is 31.8. The summed E-state index contributed by atoms with van der Waals surface area (Å²) in [5, 5.41) is 20.2. The molecule has 0 aliphatic heterocycles. The molecule has 0 saturated heterocycles. The van der Waals surface area contributed by atoms with Gasteiger partial charge in [0.05, 0.1) is 11.1 Å². The number of nitrogens with one attached hydrogen (secondary N) is 2. The number of carboxylic acid groups (broad SMARTS) is 1. The molecule has 4 heterocycles. The topological polar surface area (TPSA) is 178 Å². The molecule has 254 valence electrons. The fourth-order valence-corrected chi connectivity index (χ4v) is 5.79. The zero-order chi connectivity index (χ0) is 34.9. The van der Waals surface area contributed by atoms with Crippen LogP contribution >= 0.6 is 0 Å². The Morgan fingerprint density at radius 1 is 1.06 bits per heavy atom. The first-order valence-corrected chi connectivity index (χ1v) is 15.3. The van der Waals surface area contributed by atoms with E-state index in [9.17, 15) is 32.7 Å². The molecule has 5 aromatic rings. The number of ether oxygens (including phenoxy) is 1. The summed E-state index contributed by atoms with van der Waals surface area (Å²) >= 11 is 0. The van der Waals surface area contributed by atoms with Gasteiger partial charge in [-0.2, -0.15) is 18.1 Å². The number of anilines is 3. The largest absolute Gasteiger partial charge is 0.464 e. The Morgan fingerprint density at radius 3 is 2.47 bits per heavy atom. The molecular weight excluding hydrogens is 649 g/mol. The maximum absolute atomic E-state index is 13.5. The number of imide groups is 1. The Kier molecular flexibility index (Phi) is 7.26. The van der Waals surface area contributed by atoms with Gasteiger partial charge in [0.15, 0.2) is 17.4 Å². The van der Waals surface area contributed by atoms with E-state index in [1.807, 2.05) is 10.8 Å². The number of benzene rings is 1. The van der Waals surface area contributed by atoms with E-state index < -0.39 is 35.4 Å². The van der Waals surface area contributed by atoms with Crippen molar-refractivity contribution in [2.24, 2.45) is 0 Å². The number of carbonyl (C=O) groups excluding carboxylic acids is 2. The predicted octanol–water partition coefficient (Wildman–Crippen LogP) is 7.63. The third-order valence-corrected chi connectivity index (χ3v) is 8.38. The smallest absolute Gasteiger partial charge is 0.425 e. The first-order chi connectivity index (χ1) is 23.2. The van der Waals surface area contributed by atoms with Gasteiger partial charge in [0.1, 0.15) is 23.0 Å². The van der Waals surface area contributed by atoms with Crippen molar-refractivity contribution in [2.75, 3.05) is 15.5 Å². The Bertz CT molecular complexity index is 2150. The highest BCUT2D eigenvalue weighted by molar-refractivity contribution is 6.18. The molecule has 49 heavy (non-hydrogen) atoms. The Balaban J connectivity index is 1.26. The number of urea groups is 1. The van der Waals surface area contributed by atoms with Crippen LogP contribution < -0.4 is 15.5 Å².